The van der Waals surface area contributed by atoms with E-state index in [2.05, 4.69) is 20.8 Å². The van der Waals surface area contributed by atoms with Crippen LogP contribution in [0.1, 0.15) is 40.5 Å². The molecule has 2 nitrogen and oxygen atoms in total. The quantitative estimate of drug-likeness (QED) is 0.538. The number of fused-ring (bicyclic) bond motifs is 2. The number of esters is 1. The lowest BCUT2D eigenvalue weighted by atomic mass is 9.67. The summed E-state index contributed by atoms with van der Waals surface area (Å²) in [6.45, 7) is 8.54. The molecular weight excluding hydrogens is 164 g/mol. The molecule has 0 radical (unpaired) electrons. The van der Waals surface area contributed by atoms with E-state index in [1.54, 1.807) is 0 Å². The summed E-state index contributed by atoms with van der Waals surface area (Å²) in [5.74, 6) is 0.605. The fourth-order valence-corrected chi connectivity index (χ4v) is 3.04. The van der Waals surface area contributed by atoms with E-state index in [0.29, 0.717) is 5.92 Å². The van der Waals surface area contributed by atoms with E-state index >= 15 is 0 Å². The van der Waals surface area contributed by atoms with Gasteiger partial charge >= 0.3 is 5.97 Å². The van der Waals surface area contributed by atoms with Gasteiger partial charge in [0, 0.05) is 5.41 Å². The van der Waals surface area contributed by atoms with Gasteiger partial charge < -0.3 is 4.74 Å². The lowest BCUT2D eigenvalue weighted by Crippen LogP contribution is -2.51. The van der Waals surface area contributed by atoms with Crippen molar-refractivity contribution in [3.05, 3.63) is 0 Å². The van der Waals surface area contributed by atoms with Crippen molar-refractivity contribution in [2.24, 2.45) is 17.3 Å². The van der Waals surface area contributed by atoms with E-state index in [4.69, 9.17) is 4.74 Å². The monoisotopic (exact) mass is 182 g/mol. The number of hydrogen-bond acceptors (Lipinski definition) is 2. The zero-order valence-electron chi connectivity index (χ0n) is 8.89. The molecule has 1 aliphatic heterocycles. The Morgan fingerprint density at radius 2 is 2.00 bits per heavy atom. The first-order valence-corrected chi connectivity index (χ1v) is 5.11. The van der Waals surface area contributed by atoms with E-state index < -0.39 is 0 Å². The van der Waals surface area contributed by atoms with Gasteiger partial charge in [0.25, 0.3) is 0 Å². The number of ether oxygens (including phenoxy) is 1. The third-order valence-electron chi connectivity index (χ3n) is 4.52. The lowest BCUT2D eigenvalue weighted by molar-refractivity contribution is -0.191. The Kier molecular flexibility index (Phi) is 1.59. The van der Waals surface area contributed by atoms with Gasteiger partial charge in [-0.3, -0.25) is 4.79 Å². The minimum atomic E-state index is -0.207. The van der Waals surface area contributed by atoms with Crippen molar-refractivity contribution in [3.63, 3.8) is 0 Å². The Morgan fingerprint density at radius 3 is 2.62 bits per heavy atom. The molecule has 2 rings (SSSR count). The summed E-state index contributed by atoms with van der Waals surface area (Å²) in [5, 5.41) is 0. The predicted molar refractivity (Wildman–Crippen MR) is 50.2 cm³/mol. The maximum absolute atomic E-state index is 11.5. The van der Waals surface area contributed by atoms with Crippen LogP contribution in [0.2, 0.25) is 0 Å². The van der Waals surface area contributed by atoms with E-state index in [-0.39, 0.29) is 22.9 Å². The van der Waals surface area contributed by atoms with Crippen molar-refractivity contribution in [3.8, 4) is 0 Å². The van der Waals surface area contributed by atoms with Gasteiger partial charge in [-0.05, 0) is 25.7 Å². The van der Waals surface area contributed by atoms with Crippen molar-refractivity contribution < 1.29 is 9.53 Å². The van der Waals surface area contributed by atoms with Crippen LogP contribution in [-0.2, 0) is 9.53 Å². The minimum Gasteiger partial charge on any atom is -0.459 e. The van der Waals surface area contributed by atoms with Crippen LogP contribution in [0.15, 0.2) is 0 Å². The molecule has 2 aliphatic rings. The first-order chi connectivity index (χ1) is 5.88. The minimum absolute atomic E-state index is 0.00400. The average Bonchev–Trinajstić information content (AvgIpc) is 2.13. The molecule has 2 heteroatoms. The fourth-order valence-electron chi connectivity index (χ4n) is 3.04. The summed E-state index contributed by atoms with van der Waals surface area (Å²) in [7, 11) is 0. The van der Waals surface area contributed by atoms with Crippen molar-refractivity contribution in [2.45, 2.75) is 46.1 Å². The van der Waals surface area contributed by atoms with Gasteiger partial charge in [-0.15, -0.1) is 0 Å². The smallest absolute Gasteiger partial charge is 0.309 e. The van der Waals surface area contributed by atoms with Crippen molar-refractivity contribution in [2.75, 3.05) is 0 Å². The standard InChI is InChI=1S/C11H18O2/c1-7-8-5-6-11(4,10(8,2)3)13-9(7)12/h7-8H,5-6H2,1-4H3/t7-,8-,11-/m1/s1. The van der Waals surface area contributed by atoms with E-state index in [1.807, 2.05) is 6.92 Å². The molecule has 1 heterocycles. The van der Waals surface area contributed by atoms with Crippen LogP contribution < -0.4 is 0 Å². The molecule has 2 fully saturated rings. The first kappa shape index (κ1) is 9.04. The Bertz CT molecular complexity index is 257. The highest BCUT2D eigenvalue weighted by Gasteiger charge is 2.60. The van der Waals surface area contributed by atoms with Crippen LogP contribution in [0.3, 0.4) is 0 Å². The normalized spacial score (nSPS) is 47.5. The molecule has 3 atom stereocenters. The number of rotatable bonds is 0. The molecule has 2 bridgehead atoms. The van der Waals surface area contributed by atoms with Gasteiger partial charge in [0.15, 0.2) is 0 Å². The second-order valence-corrected chi connectivity index (χ2v) is 5.31. The predicted octanol–water partition coefficient (Wildman–Crippen LogP) is 2.37. The van der Waals surface area contributed by atoms with Crippen molar-refractivity contribution in [1.82, 2.24) is 0 Å². The van der Waals surface area contributed by atoms with Gasteiger partial charge in [0.1, 0.15) is 5.60 Å². The van der Waals surface area contributed by atoms with Crippen LogP contribution in [-0.4, -0.2) is 11.6 Å². The molecular formula is C11H18O2. The molecule has 0 N–H and O–H groups in total. The van der Waals surface area contributed by atoms with Crippen molar-refractivity contribution >= 4 is 5.97 Å². The highest BCUT2D eigenvalue weighted by atomic mass is 16.6. The van der Waals surface area contributed by atoms with Crippen LogP contribution in [0.4, 0.5) is 0 Å². The molecule has 1 aliphatic carbocycles. The zero-order valence-corrected chi connectivity index (χ0v) is 8.89. The number of carbonyl (C=O) groups excluding carboxylic acids is 1. The first-order valence-electron chi connectivity index (χ1n) is 5.11. The SMILES string of the molecule is C[C@H]1C(=O)O[C@]2(C)CC[C@H]1C2(C)C. The molecule has 13 heavy (non-hydrogen) atoms. The molecule has 0 aromatic rings. The zero-order chi connectivity index (χ0) is 9.85. The molecule has 0 spiro atoms. The van der Waals surface area contributed by atoms with E-state index in [1.165, 1.54) is 0 Å². The Hall–Kier alpha value is -0.530. The fraction of sp³-hybridized carbons (Fsp3) is 0.909. The Labute approximate surface area is 79.7 Å². The second-order valence-electron chi connectivity index (χ2n) is 5.31. The average molecular weight is 182 g/mol. The molecule has 0 unspecified atom stereocenters. The molecule has 1 saturated carbocycles. The molecule has 1 saturated heterocycles. The maximum Gasteiger partial charge on any atom is 0.309 e. The topological polar surface area (TPSA) is 26.3 Å². The largest absolute Gasteiger partial charge is 0.459 e. The summed E-state index contributed by atoms with van der Waals surface area (Å²) >= 11 is 0. The van der Waals surface area contributed by atoms with E-state index in [9.17, 15) is 4.79 Å². The third kappa shape index (κ3) is 0.918. The van der Waals surface area contributed by atoms with Gasteiger partial charge in [0.05, 0.1) is 5.92 Å². The van der Waals surface area contributed by atoms with Gasteiger partial charge in [-0.25, -0.2) is 0 Å². The second kappa shape index (κ2) is 2.28. The van der Waals surface area contributed by atoms with Crippen LogP contribution in [0, 0.1) is 17.3 Å². The van der Waals surface area contributed by atoms with Crippen LogP contribution in [0.25, 0.3) is 0 Å². The number of carbonyl (C=O) groups is 1. The molecule has 0 aromatic heterocycles. The Balaban J connectivity index is 2.41. The summed E-state index contributed by atoms with van der Waals surface area (Å²) in [4.78, 5) is 11.5. The Morgan fingerprint density at radius 1 is 1.38 bits per heavy atom. The molecule has 0 aromatic carbocycles. The van der Waals surface area contributed by atoms with Crippen molar-refractivity contribution in [1.29, 1.82) is 0 Å². The summed E-state index contributed by atoms with van der Waals surface area (Å²) in [6, 6.07) is 0. The van der Waals surface area contributed by atoms with Gasteiger partial charge in [-0.2, -0.15) is 0 Å². The van der Waals surface area contributed by atoms with Gasteiger partial charge in [-0.1, -0.05) is 20.8 Å². The highest BCUT2D eigenvalue weighted by Crippen LogP contribution is 2.58. The number of hydrogen-bond donors (Lipinski definition) is 0. The third-order valence-corrected chi connectivity index (χ3v) is 4.52. The van der Waals surface area contributed by atoms with Crippen LogP contribution in [0.5, 0.6) is 0 Å². The van der Waals surface area contributed by atoms with Gasteiger partial charge in [0.2, 0.25) is 0 Å². The maximum atomic E-state index is 11.5. The van der Waals surface area contributed by atoms with E-state index in [0.717, 1.165) is 12.8 Å². The van der Waals surface area contributed by atoms with Crippen LogP contribution >= 0.6 is 0 Å². The molecule has 74 valence electrons. The lowest BCUT2D eigenvalue weighted by Gasteiger charge is -2.47. The summed E-state index contributed by atoms with van der Waals surface area (Å²) < 4.78 is 5.55. The highest BCUT2D eigenvalue weighted by molar-refractivity contribution is 5.74. The molecule has 0 amide bonds. The summed E-state index contributed by atoms with van der Waals surface area (Å²) in [6.07, 6.45) is 2.16. The summed E-state index contributed by atoms with van der Waals surface area (Å²) in [5.41, 5.74) is -0.0540.